The monoisotopic (exact) mass is 236 g/mol. The Kier molecular flexibility index (Phi) is 2.96. The first-order valence-electron chi connectivity index (χ1n) is 5.48. The van der Waals surface area contributed by atoms with Crippen molar-refractivity contribution in [3.05, 3.63) is 41.6 Å². The Hall–Kier alpha value is -1.71. The van der Waals surface area contributed by atoms with E-state index < -0.39 is 11.6 Å². The van der Waals surface area contributed by atoms with Crippen molar-refractivity contribution < 1.29 is 8.78 Å². The van der Waals surface area contributed by atoms with Crippen LogP contribution in [0.5, 0.6) is 0 Å². The van der Waals surface area contributed by atoms with E-state index >= 15 is 0 Å². The Bertz CT molecular complexity index is 521. The van der Waals surface area contributed by atoms with Crippen molar-refractivity contribution in [1.82, 2.24) is 9.78 Å². The molecule has 0 aliphatic rings. The van der Waals surface area contributed by atoms with Gasteiger partial charge in [0.2, 0.25) is 0 Å². The van der Waals surface area contributed by atoms with E-state index in [0.29, 0.717) is 11.3 Å². The Balaban J connectivity index is 2.61. The fourth-order valence-corrected chi connectivity index (χ4v) is 1.79. The van der Waals surface area contributed by atoms with Crippen LogP contribution < -0.4 is 0 Å². The van der Waals surface area contributed by atoms with Gasteiger partial charge in [0.05, 0.1) is 11.3 Å². The van der Waals surface area contributed by atoms with Crippen LogP contribution in [0.3, 0.4) is 0 Å². The summed E-state index contributed by atoms with van der Waals surface area (Å²) in [5.74, 6) is -0.991. The summed E-state index contributed by atoms with van der Waals surface area (Å²) in [5.41, 5.74) is 1.08. The fourth-order valence-electron chi connectivity index (χ4n) is 1.79. The number of aryl methyl sites for hydroxylation is 1. The molecule has 0 radical (unpaired) electrons. The topological polar surface area (TPSA) is 17.8 Å². The molecule has 0 aliphatic carbocycles. The van der Waals surface area contributed by atoms with Gasteiger partial charge in [0.15, 0.2) is 0 Å². The van der Waals surface area contributed by atoms with Gasteiger partial charge in [-0.3, -0.25) is 4.68 Å². The highest BCUT2D eigenvalue weighted by atomic mass is 19.1. The SMILES string of the molecule is CC(C)c1cc(F)c(-c2ccnn2C)c(F)c1. The Morgan fingerprint density at radius 1 is 1.18 bits per heavy atom. The molecule has 0 fully saturated rings. The molecule has 2 nitrogen and oxygen atoms in total. The minimum Gasteiger partial charge on any atom is -0.268 e. The molecular weight excluding hydrogens is 222 g/mol. The van der Waals surface area contributed by atoms with Gasteiger partial charge in [0.1, 0.15) is 11.6 Å². The van der Waals surface area contributed by atoms with Crippen LogP contribution in [0.15, 0.2) is 24.4 Å². The van der Waals surface area contributed by atoms with E-state index in [1.54, 1.807) is 13.1 Å². The van der Waals surface area contributed by atoms with Gasteiger partial charge in [0, 0.05) is 13.2 Å². The minimum atomic E-state index is -0.544. The standard InChI is InChI=1S/C13H14F2N2/c1-8(2)9-6-10(14)13(11(15)7-9)12-4-5-16-17(12)3/h4-8H,1-3H3. The minimum absolute atomic E-state index is 0.0191. The zero-order valence-corrected chi connectivity index (χ0v) is 10.0. The van der Waals surface area contributed by atoms with Gasteiger partial charge in [-0.25, -0.2) is 8.78 Å². The van der Waals surface area contributed by atoms with Crippen LogP contribution in [-0.2, 0) is 7.05 Å². The molecule has 1 aromatic carbocycles. The van der Waals surface area contributed by atoms with E-state index in [2.05, 4.69) is 5.10 Å². The average molecular weight is 236 g/mol. The molecule has 1 aromatic heterocycles. The summed E-state index contributed by atoms with van der Waals surface area (Å²) in [7, 11) is 1.66. The Labute approximate surface area is 98.9 Å². The molecule has 0 bridgehead atoms. The van der Waals surface area contributed by atoms with E-state index in [0.717, 1.165) is 0 Å². The summed E-state index contributed by atoms with van der Waals surface area (Å²) in [6.45, 7) is 3.80. The van der Waals surface area contributed by atoms with Gasteiger partial charge >= 0.3 is 0 Å². The van der Waals surface area contributed by atoms with E-state index in [1.807, 2.05) is 13.8 Å². The van der Waals surface area contributed by atoms with Crippen LogP contribution in [0.1, 0.15) is 25.3 Å². The number of hydrogen-bond acceptors (Lipinski definition) is 1. The van der Waals surface area contributed by atoms with E-state index in [-0.39, 0.29) is 11.5 Å². The molecule has 17 heavy (non-hydrogen) atoms. The zero-order chi connectivity index (χ0) is 12.6. The van der Waals surface area contributed by atoms with Crippen molar-refractivity contribution in [2.75, 3.05) is 0 Å². The number of aromatic nitrogens is 2. The molecule has 0 atom stereocenters. The van der Waals surface area contributed by atoms with Crippen molar-refractivity contribution in [3.8, 4) is 11.3 Å². The fraction of sp³-hybridized carbons (Fsp3) is 0.308. The molecule has 0 saturated carbocycles. The number of nitrogens with zero attached hydrogens (tertiary/aromatic N) is 2. The summed E-state index contributed by atoms with van der Waals surface area (Å²) < 4.78 is 29.3. The van der Waals surface area contributed by atoms with Gasteiger partial charge < -0.3 is 0 Å². The van der Waals surface area contributed by atoms with Crippen molar-refractivity contribution >= 4 is 0 Å². The van der Waals surface area contributed by atoms with Gasteiger partial charge in [-0.1, -0.05) is 13.8 Å². The number of benzene rings is 1. The molecule has 90 valence electrons. The lowest BCUT2D eigenvalue weighted by molar-refractivity contribution is 0.579. The van der Waals surface area contributed by atoms with Crippen LogP contribution >= 0.6 is 0 Å². The van der Waals surface area contributed by atoms with E-state index in [4.69, 9.17) is 0 Å². The lowest BCUT2D eigenvalue weighted by Crippen LogP contribution is -2.00. The molecule has 0 saturated heterocycles. The molecule has 1 heterocycles. The Morgan fingerprint density at radius 3 is 2.18 bits per heavy atom. The van der Waals surface area contributed by atoms with Crippen molar-refractivity contribution in [2.45, 2.75) is 19.8 Å². The molecule has 0 amide bonds. The summed E-state index contributed by atoms with van der Waals surface area (Å²) >= 11 is 0. The second-order valence-corrected chi connectivity index (χ2v) is 4.35. The molecule has 0 N–H and O–H groups in total. The van der Waals surface area contributed by atoms with Crippen LogP contribution in [0, 0.1) is 11.6 Å². The van der Waals surface area contributed by atoms with Gasteiger partial charge in [-0.2, -0.15) is 5.10 Å². The lowest BCUT2D eigenvalue weighted by atomic mass is 9.99. The van der Waals surface area contributed by atoms with Crippen molar-refractivity contribution in [1.29, 1.82) is 0 Å². The third-order valence-electron chi connectivity index (χ3n) is 2.81. The summed E-state index contributed by atoms with van der Waals surface area (Å²) in [5, 5.41) is 3.92. The van der Waals surface area contributed by atoms with Crippen molar-refractivity contribution in [2.24, 2.45) is 7.05 Å². The molecule has 2 rings (SSSR count). The van der Waals surface area contributed by atoms with Gasteiger partial charge in [0.25, 0.3) is 0 Å². The van der Waals surface area contributed by atoms with E-state index in [9.17, 15) is 8.78 Å². The van der Waals surface area contributed by atoms with Crippen LogP contribution in [0.4, 0.5) is 8.78 Å². The smallest absolute Gasteiger partial charge is 0.135 e. The molecular formula is C13H14F2N2. The molecule has 4 heteroatoms. The van der Waals surface area contributed by atoms with Crippen LogP contribution in [0.25, 0.3) is 11.3 Å². The third kappa shape index (κ3) is 2.07. The first kappa shape index (κ1) is 11.8. The summed E-state index contributed by atoms with van der Waals surface area (Å²) in [4.78, 5) is 0. The van der Waals surface area contributed by atoms with Gasteiger partial charge in [-0.05, 0) is 29.7 Å². The number of hydrogen-bond donors (Lipinski definition) is 0. The van der Waals surface area contributed by atoms with E-state index in [1.165, 1.54) is 23.0 Å². The second-order valence-electron chi connectivity index (χ2n) is 4.35. The highest BCUT2D eigenvalue weighted by Gasteiger charge is 2.16. The maximum Gasteiger partial charge on any atom is 0.135 e. The van der Waals surface area contributed by atoms with Crippen LogP contribution in [0.2, 0.25) is 0 Å². The van der Waals surface area contributed by atoms with Crippen molar-refractivity contribution in [3.63, 3.8) is 0 Å². The average Bonchev–Trinajstić information content (AvgIpc) is 2.64. The normalized spacial score (nSPS) is 11.2. The quantitative estimate of drug-likeness (QED) is 0.780. The largest absolute Gasteiger partial charge is 0.268 e. The number of rotatable bonds is 2. The first-order valence-corrected chi connectivity index (χ1v) is 5.48. The molecule has 0 unspecified atom stereocenters. The number of halogens is 2. The molecule has 0 aliphatic heterocycles. The maximum absolute atomic E-state index is 13.9. The second kappa shape index (κ2) is 4.28. The zero-order valence-electron chi connectivity index (χ0n) is 10.0. The third-order valence-corrected chi connectivity index (χ3v) is 2.81. The first-order chi connectivity index (χ1) is 8.00. The predicted molar refractivity (Wildman–Crippen MR) is 62.6 cm³/mol. The summed E-state index contributed by atoms with van der Waals surface area (Å²) in [6.07, 6.45) is 1.52. The summed E-state index contributed by atoms with van der Waals surface area (Å²) in [6, 6.07) is 4.36. The highest BCUT2D eigenvalue weighted by Crippen LogP contribution is 2.28. The molecule has 0 spiro atoms. The maximum atomic E-state index is 13.9. The molecule has 2 aromatic rings. The predicted octanol–water partition coefficient (Wildman–Crippen LogP) is 3.49. The lowest BCUT2D eigenvalue weighted by Gasteiger charge is -2.10. The highest BCUT2D eigenvalue weighted by molar-refractivity contribution is 5.61. The van der Waals surface area contributed by atoms with Gasteiger partial charge in [-0.15, -0.1) is 0 Å². The Morgan fingerprint density at radius 2 is 1.76 bits per heavy atom. The van der Waals surface area contributed by atoms with Crippen LogP contribution in [-0.4, -0.2) is 9.78 Å².